The van der Waals surface area contributed by atoms with E-state index < -0.39 is 10.0 Å². The Hall–Kier alpha value is -2.38. The molecule has 2 aromatic rings. The van der Waals surface area contributed by atoms with Crippen LogP contribution in [0.2, 0.25) is 0 Å². The first-order chi connectivity index (χ1) is 11.5. The number of benzene rings is 2. The van der Waals surface area contributed by atoms with Crippen LogP contribution >= 0.6 is 0 Å². The molecule has 0 saturated carbocycles. The third kappa shape index (κ3) is 4.56. The second-order valence-corrected chi connectivity index (χ2v) is 6.72. The van der Waals surface area contributed by atoms with Crippen LogP contribution in [0.5, 0.6) is 11.5 Å². The third-order valence-corrected chi connectivity index (χ3v) is 4.20. The molecule has 6 nitrogen and oxygen atoms in total. The molecule has 24 heavy (non-hydrogen) atoms. The van der Waals surface area contributed by atoms with Gasteiger partial charge in [-0.3, -0.25) is 4.79 Å². The van der Waals surface area contributed by atoms with Crippen molar-refractivity contribution >= 4 is 22.0 Å². The molecule has 0 heterocycles. The Labute approximate surface area is 141 Å². The van der Waals surface area contributed by atoms with Crippen LogP contribution in [0.25, 0.3) is 0 Å². The normalized spacial score (nSPS) is 11.1. The molecule has 127 valence electrons. The summed E-state index contributed by atoms with van der Waals surface area (Å²) >= 11 is 0. The predicted octanol–water partition coefficient (Wildman–Crippen LogP) is 2.80. The van der Waals surface area contributed by atoms with Gasteiger partial charge >= 0.3 is 0 Å². The number of primary sulfonamides is 1. The first-order valence-corrected chi connectivity index (χ1v) is 9.06. The van der Waals surface area contributed by atoms with E-state index in [2.05, 4.69) is 5.32 Å². The van der Waals surface area contributed by atoms with Gasteiger partial charge in [-0.25, -0.2) is 13.6 Å². The van der Waals surface area contributed by atoms with Crippen molar-refractivity contribution in [2.75, 3.05) is 11.9 Å². The molecule has 0 aliphatic heterocycles. The Morgan fingerprint density at radius 2 is 1.92 bits per heavy atom. The molecular weight excluding hydrogens is 328 g/mol. The van der Waals surface area contributed by atoms with E-state index >= 15 is 0 Å². The van der Waals surface area contributed by atoms with Crippen molar-refractivity contribution in [3.05, 3.63) is 48.0 Å². The minimum atomic E-state index is -4.08. The molecule has 0 amide bonds. The van der Waals surface area contributed by atoms with Gasteiger partial charge in [0.15, 0.2) is 5.75 Å². The summed E-state index contributed by atoms with van der Waals surface area (Å²) in [5.41, 5.74) is 0.468. The molecular formula is C17H19N2O4S. The maximum absolute atomic E-state index is 11.9. The zero-order valence-corrected chi connectivity index (χ0v) is 14.1. The van der Waals surface area contributed by atoms with Gasteiger partial charge in [0, 0.05) is 12.1 Å². The van der Waals surface area contributed by atoms with Gasteiger partial charge in [0.1, 0.15) is 10.6 Å². The molecule has 0 spiro atoms. The number of hydrogen-bond acceptors (Lipinski definition) is 5. The fourth-order valence-electron chi connectivity index (χ4n) is 2.12. The number of anilines is 1. The van der Waals surface area contributed by atoms with E-state index in [1.54, 1.807) is 30.6 Å². The predicted molar refractivity (Wildman–Crippen MR) is 92.5 cm³/mol. The highest BCUT2D eigenvalue weighted by Gasteiger charge is 2.21. The van der Waals surface area contributed by atoms with E-state index in [0.29, 0.717) is 18.0 Å². The van der Waals surface area contributed by atoms with E-state index in [0.717, 1.165) is 18.9 Å². The monoisotopic (exact) mass is 347 g/mol. The quantitative estimate of drug-likeness (QED) is 0.716. The van der Waals surface area contributed by atoms with Crippen molar-refractivity contribution in [1.82, 2.24) is 0 Å². The highest BCUT2D eigenvalue weighted by molar-refractivity contribution is 7.89. The number of carbonyl (C=O) groups excluding carboxylic acids is 1. The number of nitrogens with two attached hydrogens (primary N) is 1. The number of sulfonamides is 1. The fraction of sp³-hybridized carbons (Fsp3) is 0.235. The number of para-hydroxylation sites is 1. The van der Waals surface area contributed by atoms with Crippen LogP contribution in [-0.4, -0.2) is 21.2 Å². The van der Waals surface area contributed by atoms with E-state index in [1.807, 2.05) is 13.0 Å². The highest BCUT2D eigenvalue weighted by atomic mass is 32.2. The second kappa shape index (κ2) is 7.94. The maximum atomic E-state index is 11.9. The Morgan fingerprint density at radius 1 is 1.21 bits per heavy atom. The van der Waals surface area contributed by atoms with Gasteiger partial charge < -0.3 is 10.1 Å². The van der Waals surface area contributed by atoms with Crippen LogP contribution in [0.1, 0.15) is 25.3 Å². The molecule has 0 fully saturated rings. The van der Waals surface area contributed by atoms with Crippen LogP contribution in [-0.2, 0) is 14.8 Å². The average molecular weight is 347 g/mol. The standard InChI is InChI=1S/C17H19N2O4S/c1-2-3-9-19-15-10-13(12-20)11-16(24(18,21)22)17(15)23-14-7-5-4-6-8-14/h4-8,10-11,19H,2-3,9H2,1H3,(H2,18,21,22). The van der Waals surface area contributed by atoms with Crippen molar-refractivity contribution in [2.24, 2.45) is 5.14 Å². The SMILES string of the molecule is CCCCNc1cc([C]=O)cc(S(N)(=O)=O)c1Oc1ccccc1. The molecule has 0 unspecified atom stereocenters. The minimum absolute atomic E-state index is 0.0683. The molecule has 0 aliphatic carbocycles. The molecule has 3 N–H and O–H groups in total. The molecule has 2 rings (SSSR count). The lowest BCUT2D eigenvalue weighted by Gasteiger charge is -2.16. The van der Waals surface area contributed by atoms with Crippen molar-refractivity contribution in [2.45, 2.75) is 24.7 Å². The largest absolute Gasteiger partial charge is 0.454 e. The van der Waals surface area contributed by atoms with Crippen LogP contribution in [0.4, 0.5) is 5.69 Å². The zero-order valence-electron chi connectivity index (χ0n) is 13.3. The Bertz CT molecular complexity index is 805. The molecule has 0 atom stereocenters. The summed E-state index contributed by atoms with van der Waals surface area (Å²) in [6.07, 6.45) is 3.54. The summed E-state index contributed by atoms with van der Waals surface area (Å²) in [4.78, 5) is 10.8. The second-order valence-electron chi connectivity index (χ2n) is 5.19. The summed E-state index contributed by atoms with van der Waals surface area (Å²) in [6, 6.07) is 11.4. The van der Waals surface area contributed by atoms with Gasteiger partial charge in [0.2, 0.25) is 16.3 Å². The topological polar surface area (TPSA) is 98.5 Å². The number of ether oxygens (including phenoxy) is 1. The van der Waals surface area contributed by atoms with Crippen molar-refractivity contribution < 1.29 is 17.9 Å². The van der Waals surface area contributed by atoms with Crippen molar-refractivity contribution in [3.8, 4) is 11.5 Å². The smallest absolute Gasteiger partial charge is 0.241 e. The number of unbranched alkanes of at least 4 members (excludes halogenated alkanes) is 1. The molecule has 0 aromatic heterocycles. The minimum Gasteiger partial charge on any atom is -0.454 e. The first-order valence-electron chi connectivity index (χ1n) is 7.51. The van der Waals surface area contributed by atoms with Gasteiger partial charge in [0.05, 0.1) is 5.69 Å². The molecule has 1 radical (unpaired) electrons. The van der Waals surface area contributed by atoms with Gasteiger partial charge in [-0.05, 0) is 30.7 Å². The van der Waals surface area contributed by atoms with E-state index in [-0.39, 0.29) is 16.2 Å². The number of rotatable bonds is 8. The van der Waals surface area contributed by atoms with Crippen LogP contribution in [0.15, 0.2) is 47.4 Å². The lowest BCUT2D eigenvalue weighted by Crippen LogP contribution is -2.15. The van der Waals surface area contributed by atoms with E-state index in [9.17, 15) is 13.2 Å². The molecule has 0 aliphatic rings. The zero-order chi connectivity index (χ0) is 17.6. The van der Waals surface area contributed by atoms with Crippen LogP contribution < -0.4 is 15.2 Å². The lowest BCUT2D eigenvalue weighted by atomic mass is 10.2. The summed E-state index contributed by atoms with van der Waals surface area (Å²) < 4.78 is 29.6. The first kappa shape index (κ1) is 18.0. The summed E-state index contributed by atoms with van der Waals surface area (Å²) in [5, 5.41) is 8.39. The summed E-state index contributed by atoms with van der Waals surface area (Å²) in [5.74, 6) is 0.530. The Morgan fingerprint density at radius 3 is 2.50 bits per heavy atom. The number of nitrogens with one attached hydrogen (secondary N) is 1. The van der Waals surface area contributed by atoms with Gasteiger partial charge in [0.25, 0.3) is 0 Å². The molecule has 2 aromatic carbocycles. The maximum Gasteiger partial charge on any atom is 0.241 e. The van der Waals surface area contributed by atoms with Crippen LogP contribution in [0.3, 0.4) is 0 Å². The molecule has 7 heteroatoms. The lowest BCUT2D eigenvalue weighted by molar-refractivity contribution is 0.469. The fourth-order valence-corrected chi connectivity index (χ4v) is 2.82. The van der Waals surface area contributed by atoms with Crippen LogP contribution in [0, 0.1) is 0 Å². The van der Waals surface area contributed by atoms with Crippen molar-refractivity contribution in [3.63, 3.8) is 0 Å². The number of hydrogen-bond donors (Lipinski definition) is 2. The average Bonchev–Trinajstić information content (AvgIpc) is 2.56. The third-order valence-electron chi connectivity index (χ3n) is 3.29. The van der Waals surface area contributed by atoms with Gasteiger partial charge in [-0.15, -0.1) is 0 Å². The highest BCUT2D eigenvalue weighted by Crippen LogP contribution is 2.36. The van der Waals surface area contributed by atoms with E-state index in [4.69, 9.17) is 9.88 Å². The summed E-state index contributed by atoms with van der Waals surface area (Å²) in [7, 11) is -4.08. The Kier molecular flexibility index (Phi) is 5.94. The molecule has 0 saturated heterocycles. The van der Waals surface area contributed by atoms with Crippen molar-refractivity contribution in [1.29, 1.82) is 0 Å². The van der Waals surface area contributed by atoms with Gasteiger partial charge in [-0.1, -0.05) is 31.5 Å². The van der Waals surface area contributed by atoms with E-state index in [1.165, 1.54) is 6.07 Å². The van der Waals surface area contributed by atoms with Gasteiger partial charge in [-0.2, -0.15) is 0 Å². The Balaban J connectivity index is 2.55. The molecule has 0 bridgehead atoms. The summed E-state index contributed by atoms with van der Waals surface area (Å²) in [6.45, 7) is 2.64.